The second-order valence-electron chi connectivity index (χ2n) is 8.28. The Balaban J connectivity index is 1.24. The molecule has 0 bridgehead atoms. The highest BCUT2D eigenvalue weighted by Crippen LogP contribution is 2.41. The van der Waals surface area contributed by atoms with Gasteiger partial charge in [0, 0.05) is 26.2 Å². The number of allylic oxidation sites excluding steroid dienone is 3. The van der Waals surface area contributed by atoms with Crippen molar-refractivity contribution in [1.29, 1.82) is 0 Å². The van der Waals surface area contributed by atoms with Gasteiger partial charge in [-0.05, 0) is 36.7 Å². The van der Waals surface area contributed by atoms with Gasteiger partial charge in [-0.3, -0.25) is 14.6 Å². The predicted molar refractivity (Wildman–Crippen MR) is 123 cm³/mol. The number of morpholine rings is 1. The second kappa shape index (κ2) is 9.69. The van der Waals surface area contributed by atoms with E-state index in [1.807, 2.05) is 54.6 Å². The van der Waals surface area contributed by atoms with Crippen LogP contribution in [0.1, 0.15) is 27.9 Å². The number of ketones is 1. The molecule has 0 spiro atoms. The quantitative estimate of drug-likeness (QED) is 0.649. The summed E-state index contributed by atoms with van der Waals surface area (Å²) in [5.41, 5.74) is 2.65. The van der Waals surface area contributed by atoms with Crippen LogP contribution in [-0.4, -0.2) is 61.7 Å². The lowest BCUT2D eigenvalue weighted by molar-refractivity contribution is 0.0329. The lowest BCUT2D eigenvalue weighted by atomic mass is 10.0. The Kier molecular flexibility index (Phi) is 6.34. The van der Waals surface area contributed by atoms with Crippen molar-refractivity contribution in [2.45, 2.75) is 13.0 Å². The van der Waals surface area contributed by atoms with E-state index >= 15 is 0 Å². The van der Waals surface area contributed by atoms with Crippen LogP contribution in [0, 0.1) is 0 Å². The van der Waals surface area contributed by atoms with Gasteiger partial charge in [-0.15, -0.1) is 0 Å². The highest BCUT2D eigenvalue weighted by atomic mass is 16.5. The summed E-state index contributed by atoms with van der Waals surface area (Å²) >= 11 is 0. The summed E-state index contributed by atoms with van der Waals surface area (Å²) in [6, 6.07) is 13.7. The Morgan fingerprint density at radius 2 is 1.78 bits per heavy atom. The minimum Gasteiger partial charge on any atom is -0.478 e. The number of fused-ring (bicyclic) bond motifs is 3. The molecule has 5 rings (SSSR count). The molecular formula is C26H28N2O4. The first kappa shape index (κ1) is 20.9. The first-order valence-electron chi connectivity index (χ1n) is 11.2. The third kappa shape index (κ3) is 4.63. The maximum absolute atomic E-state index is 12.9. The number of hydrogen-bond acceptors (Lipinski definition) is 6. The fourth-order valence-corrected chi connectivity index (χ4v) is 4.32. The molecule has 3 heterocycles. The van der Waals surface area contributed by atoms with Gasteiger partial charge >= 0.3 is 0 Å². The number of hydrogen-bond donors (Lipinski definition) is 0. The van der Waals surface area contributed by atoms with Gasteiger partial charge in [0.25, 0.3) is 0 Å². The van der Waals surface area contributed by atoms with Gasteiger partial charge in [0.1, 0.15) is 18.2 Å². The van der Waals surface area contributed by atoms with Crippen LogP contribution in [0.25, 0.3) is 6.08 Å². The van der Waals surface area contributed by atoms with Crippen molar-refractivity contribution in [1.82, 2.24) is 9.80 Å². The fourth-order valence-electron chi connectivity index (χ4n) is 4.32. The maximum atomic E-state index is 12.9. The van der Waals surface area contributed by atoms with Gasteiger partial charge in [-0.1, -0.05) is 42.5 Å². The minimum absolute atomic E-state index is 0.0787. The normalized spacial score (nSPS) is 20.2. The second-order valence-corrected chi connectivity index (χ2v) is 8.28. The van der Waals surface area contributed by atoms with Crippen LogP contribution in [-0.2, 0) is 11.3 Å². The van der Waals surface area contributed by atoms with Crippen LogP contribution in [0.4, 0.5) is 0 Å². The number of carbonyl (C=O) groups excluding carboxylic acids is 1. The fraction of sp³-hybridized carbons (Fsp3) is 0.346. The Bertz CT molecular complexity index is 1030. The Hall–Kier alpha value is -2.93. The molecule has 1 saturated heterocycles. The predicted octanol–water partition coefficient (Wildman–Crippen LogP) is 3.73. The lowest BCUT2D eigenvalue weighted by Crippen LogP contribution is -2.39. The summed E-state index contributed by atoms with van der Waals surface area (Å²) in [6.45, 7) is 6.97. The molecule has 0 unspecified atom stereocenters. The number of nitrogens with zero attached hydrogens (tertiary/aromatic N) is 2. The van der Waals surface area contributed by atoms with Crippen molar-refractivity contribution in [2.24, 2.45) is 0 Å². The zero-order valence-electron chi connectivity index (χ0n) is 18.2. The monoisotopic (exact) mass is 432 g/mol. The van der Waals surface area contributed by atoms with E-state index in [9.17, 15) is 4.79 Å². The molecule has 1 fully saturated rings. The maximum Gasteiger partial charge on any atom is 0.231 e. The molecule has 3 aliphatic heterocycles. The Morgan fingerprint density at radius 3 is 2.62 bits per heavy atom. The summed E-state index contributed by atoms with van der Waals surface area (Å²) in [4.78, 5) is 17.6. The van der Waals surface area contributed by atoms with Gasteiger partial charge in [0.15, 0.2) is 5.76 Å². The van der Waals surface area contributed by atoms with E-state index in [2.05, 4.69) is 9.80 Å². The topological polar surface area (TPSA) is 51.2 Å². The molecule has 0 aliphatic carbocycles. The minimum atomic E-state index is -0.0787. The highest BCUT2D eigenvalue weighted by molar-refractivity contribution is 6.13. The molecule has 32 heavy (non-hydrogen) atoms. The zero-order chi connectivity index (χ0) is 21.8. The average molecular weight is 433 g/mol. The lowest BCUT2D eigenvalue weighted by Gasteiger charge is -2.31. The van der Waals surface area contributed by atoms with Crippen LogP contribution in [0.5, 0.6) is 11.5 Å². The van der Waals surface area contributed by atoms with Crippen molar-refractivity contribution in [2.75, 3.05) is 46.1 Å². The molecule has 6 nitrogen and oxygen atoms in total. The van der Waals surface area contributed by atoms with Crippen LogP contribution >= 0.6 is 0 Å². The van der Waals surface area contributed by atoms with Crippen molar-refractivity contribution in [3.63, 3.8) is 0 Å². The summed E-state index contributed by atoms with van der Waals surface area (Å²) < 4.78 is 17.4. The Labute approximate surface area is 188 Å². The van der Waals surface area contributed by atoms with E-state index in [1.165, 1.54) is 0 Å². The third-order valence-electron chi connectivity index (χ3n) is 6.07. The molecule has 0 atom stereocenters. The summed E-state index contributed by atoms with van der Waals surface area (Å²) in [5, 5.41) is 0. The number of rotatable bonds is 6. The van der Waals surface area contributed by atoms with Gasteiger partial charge in [-0.25, -0.2) is 0 Å². The molecule has 2 aromatic rings. The Morgan fingerprint density at radius 1 is 0.969 bits per heavy atom. The van der Waals surface area contributed by atoms with E-state index < -0.39 is 0 Å². The number of benzene rings is 2. The van der Waals surface area contributed by atoms with Crippen LogP contribution < -0.4 is 9.47 Å². The van der Waals surface area contributed by atoms with E-state index in [0.29, 0.717) is 23.8 Å². The van der Waals surface area contributed by atoms with Gasteiger partial charge < -0.3 is 14.2 Å². The molecular weight excluding hydrogens is 404 g/mol. The van der Waals surface area contributed by atoms with Crippen molar-refractivity contribution >= 4 is 11.9 Å². The third-order valence-corrected chi connectivity index (χ3v) is 6.07. The van der Waals surface area contributed by atoms with Crippen molar-refractivity contribution in [3.05, 3.63) is 77.1 Å². The first-order chi connectivity index (χ1) is 15.8. The van der Waals surface area contributed by atoms with Crippen LogP contribution in [0.3, 0.4) is 0 Å². The molecule has 0 N–H and O–H groups in total. The van der Waals surface area contributed by atoms with Gasteiger partial charge in [-0.2, -0.15) is 0 Å². The van der Waals surface area contributed by atoms with Crippen molar-refractivity contribution < 1.29 is 19.0 Å². The highest BCUT2D eigenvalue weighted by Gasteiger charge is 2.33. The van der Waals surface area contributed by atoms with E-state index in [1.54, 1.807) is 6.08 Å². The largest absolute Gasteiger partial charge is 0.478 e. The summed E-state index contributed by atoms with van der Waals surface area (Å²) in [5.74, 6) is 1.72. The molecule has 0 radical (unpaired) electrons. The number of Topliss-reactive ketones (excluding diaryl/α,β-unsaturated/α-hetero) is 1. The van der Waals surface area contributed by atoms with Gasteiger partial charge in [0.2, 0.25) is 5.78 Å². The van der Waals surface area contributed by atoms with E-state index in [-0.39, 0.29) is 5.78 Å². The number of ether oxygens (including phenoxy) is 3. The number of carbonyl (C=O) groups is 1. The standard InChI is InChI=1S/C26H28N2O4/c29-25-21-10-11-23-22(18-28(19-31-23)13-5-12-27-14-16-30-17-15-27)26(21)32-24(25)9-4-8-20-6-2-1-3-7-20/h1-4,6-11H,5,12-19H2/b8-4+,24-9+. The summed E-state index contributed by atoms with van der Waals surface area (Å²) in [6.07, 6.45) is 6.63. The summed E-state index contributed by atoms with van der Waals surface area (Å²) in [7, 11) is 0. The van der Waals surface area contributed by atoms with E-state index in [4.69, 9.17) is 14.2 Å². The molecule has 166 valence electrons. The molecule has 2 aromatic carbocycles. The molecule has 0 amide bonds. The van der Waals surface area contributed by atoms with Gasteiger partial charge in [0.05, 0.1) is 24.3 Å². The SMILES string of the molecule is O=C1/C(=C\C=C\c2ccccc2)Oc2c1ccc1c2CN(CCCN2CCOCC2)CO1. The zero-order valence-corrected chi connectivity index (χ0v) is 18.2. The molecule has 6 heteroatoms. The van der Waals surface area contributed by atoms with Crippen LogP contribution in [0.15, 0.2) is 60.4 Å². The van der Waals surface area contributed by atoms with Crippen molar-refractivity contribution in [3.8, 4) is 11.5 Å². The average Bonchev–Trinajstić information content (AvgIpc) is 3.16. The van der Waals surface area contributed by atoms with Crippen LogP contribution in [0.2, 0.25) is 0 Å². The first-order valence-corrected chi connectivity index (χ1v) is 11.2. The molecule has 0 saturated carbocycles. The molecule has 0 aromatic heterocycles. The van der Waals surface area contributed by atoms with E-state index in [0.717, 1.165) is 69.2 Å². The molecule has 3 aliphatic rings. The smallest absolute Gasteiger partial charge is 0.231 e.